The molecule has 2 aliphatic rings. The van der Waals surface area contributed by atoms with Crippen LogP contribution in [0.25, 0.3) is 0 Å². The number of hydrogen-bond donors (Lipinski definition) is 2. The van der Waals surface area contributed by atoms with Gasteiger partial charge in [0, 0.05) is 0 Å². The molecule has 0 aromatic heterocycles. The highest BCUT2D eigenvalue weighted by Crippen LogP contribution is 2.48. The lowest BCUT2D eigenvalue weighted by molar-refractivity contribution is -0.149. The van der Waals surface area contributed by atoms with Crippen molar-refractivity contribution in [3.63, 3.8) is 0 Å². The van der Waals surface area contributed by atoms with Crippen molar-refractivity contribution in [3.8, 4) is 11.5 Å². The van der Waals surface area contributed by atoms with Crippen molar-refractivity contribution >= 4 is 5.97 Å². The molecule has 35 heavy (non-hydrogen) atoms. The molecule has 2 saturated heterocycles. The lowest BCUT2D eigenvalue weighted by Gasteiger charge is -2.41. The maximum absolute atomic E-state index is 11.7. The monoisotopic (exact) mass is 476 g/mol. The van der Waals surface area contributed by atoms with Crippen LogP contribution in [0, 0.1) is 5.92 Å². The highest BCUT2D eigenvalue weighted by molar-refractivity contribution is 5.71. The summed E-state index contributed by atoms with van der Waals surface area (Å²) in [6.07, 6.45) is -2.84. The number of rotatable bonds is 8. The first-order valence-electron chi connectivity index (χ1n) is 11.6. The Balaban J connectivity index is 1.66. The van der Waals surface area contributed by atoms with E-state index in [1.807, 2.05) is 78.9 Å². The predicted molar refractivity (Wildman–Crippen MR) is 128 cm³/mol. The SMILES string of the molecule is COc1ccc(C(O[C@@H]2[C@H](O)[C@@H]3O[C@H]2C[C@H]3C(=O)O)(c2ccccc2)c2ccc(OC)cc2)cc1. The van der Waals surface area contributed by atoms with Crippen LogP contribution < -0.4 is 9.47 Å². The third kappa shape index (κ3) is 3.95. The zero-order valence-electron chi connectivity index (χ0n) is 19.5. The van der Waals surface area contributed by atoms with Gasteiger partial charge in [-0.05, 0) is 47.4 Å². The minimum atomic E-state index is -1.11. The molecule has 2 fully saturated rings. The summed E-state index contributed by atoms with van der Waals surface area (Å²) in [5.74, 6) is -0.298. The van der Waals surface area contributed by atoms with Crippen molar-refractivity contribution in [1.29, 1.82) is 0 Å². The fourth-order valence-electron chi connectivity index (χ4n) is 5.29. The molecule has 0 saturated carbocycles. The number of methoxy groups -OCH3 is 2. The van der Waals surface area contributed by atoms with E-state index in [-0.39, 0.29) is 6.42 Å². The highest BCUT2D eigenvalue weighted by atomic mass is 16.6. The van der Waals surface area contributed by atoms with Crippen molar-refractivity contribution in [2.45, 2.75) is 36.4 Å². The van der Waals surface area contributed by atoms with Crippen molar-refractivity contribution in [1.82, 2.24) is 0 Å². The summed E-state index contributed by atoms with van der Waals surface area (Å²) < 4.78 is 23.6. The molecule has 5 atom stereocenters. The number of carboxylic acid groups (broad SMARTS) is 1. The van der Waals surface area contributed by atoms with Gasteiger partial charge < -0.3 is 29.2 Å². The molecule has 2 aliphatic heterocycles. The van der Waals surface area contributed by atoms with Crippen LogP contribution in [0.15, 0.2) is 78.9 Å². The Bertz CT molecular complexity index is 1110. The number of aliphatic carboxylic acids is 1. The molecule has 0 unspecified atom stereocenters. The summed E-state index contributed by atoms with van der Waals surface area (Å²) in [5, 5.41) is 20.7. The molecule has 7 heteroatoms. The van der Waals surface area contributed by atoms with Crippen LogP contribution in [0.2, 0.25) is 0 Å². The van der Waals surface area contributed by atoms with Gasteiger partial charge in [-0.2, -0.15) is 0 Å². The Labute approximate surface area is 203 Å². The van der Waals surface area contributed by atoms with E-state index < -0.39 is 41.9 Å². The molecular formula is C28H28O7. The molecule has 5 rings (SSSR count). The van der Waals surface area contributed by atoms with E-state index in [1.165, 1.54) is 0 Å². The zero-order chi connectivity index (χ0) is 24.6. The van der Waals surface area contributed by atoms with E-state index >= 15 is 0 Å². The van der Waals surface area contributed by atoms with E-state index in [0.29, 0.717) is 11.5 Å². The van der Waals surface area contributed by atoms with Crippen molar-refractivity contribution in [2.75, 3.05) is 14.2 Å². The largest absolute Gasteiger partial charge is 0.497 e. The summed E-state index contributed by atoms with van der Waals surface area (Å²) in [5.41, 5.74) is 1.41. The summed E-state index contributed by atoms with van der Waals surface area (Å²) in [6.45, 7) is 0. The maximum Gasteiger partial charge on any atom is 0.309 e. The van der Waals surface area contributed by atoms with Crippen LogP contribution in [0.4, 0.5) is 0 Å². The standard InChI is InChI=1S/C28H28O7/c1-32-20-12-8-18(9-13-20)28(17-6-4-3-5-7-17,19-10-14-21(33-2)15-11-19)35-26-23-16-22(27(30)31)25(34-23)24(26)29/h3-15,22-26,29H,16H2,1-2H3,(H,30,31)/t22-,23+,24-,25-,26+/m1/s1. The fourth-order valence-corrected chi connectivity index (χ4v) is 5.29. The quantitative estimate of drug-likeness (QED) is 0.480. The third-order valence-electron chi connectivity index (χ3n) is 7.06. The first-order valence-corrected chi connectivity index (χ1v) is 11.6. The lowest BCUT2D eigenvalue weighted by Crippen LogP contribution is -2.49. The van der Waals surface area contributed by atoms with Gasteiger partial charge in [0.2, 0.25) is 0 Å². The molecule has 182 valence electrons. The Morgan fingerprint density at radius 3 is 1.83 bits per heavy atom. The van der Waals surface area contributed by atoms with Gasteiger partial charge in [-0.25, -0.2) is 0 Å². The van der Waals surface area contributed by atoms with Crippen LogP contribution in [-0.4, -0.2) is 54.8 Å². The van der Waals surface area contributed by atoms with Gasteiger partial charge in [-0.1, -0.05) is 54.6 Å². The minimum absolute atomic E-state index is 0.290. The number of ether oxygens (including phenoxy) is 4. The first kappa shape index (κ1) is 23.4. The second-order valence-electron chi connectivity index (χ2n) is 8.90. The van der Waals surface area contributed by atoms with Gasteiger partial charge in [0.05, 0.1) is 32.3 Å². The maximum atomic E-state index is 11.7. The molecule has 0 radical (unpaired) electrons. The molecule has 2 bridgehead atoms. The Morgan fingerprint density at radius 1 is 0.857 bits per heavy atom. The summed E-state index contributed by atoms with van der Waals surface area (Å²) >= 11 is 0. The number of aliphatic hydroxyl groups is 1. The summed E-state index contributed by atoms with van der Waals surface area (Å²) in [7, 11) is 3.22. The smallest absolute Gasteiger partial charge is 0.309 e. The van der Waals surface area contributed by atoms with E-state index in [1.54, 1.807) is 14.2 Å². The second kappa shape index (κ2) is 9.34. The minimum Gasteiger partial charge on any atom is -0.497 e. The lowest BCUT2D eigenvalue weighted by atomic mass is 9.78. The molecule has 0 amide bonds. The number of benzene rings is 3. The van der Waals surface area contributed by atoms with Crippen LogP contribution in [0.3, 0.4) is 0 Å². The second-order valence-corrected chi connectivity index (χ2v) is 8.90. The van der Waals surface area contributed by atoms with Crippen molar-refractivity contribution in [2.24, 2.45) is 5.92 Å². The van der Waals surface area contributed by atoms with Gasteiger partial charge in [0.15, 0.2) is 0 Å². The summed E-state index contributed by atoms with van der Waals surface area (Å²) in [6, 6.07) is 25.0. The van der Waals surface area contributed by atoms with Gasteiger partial charge in [0.25, 0.3) is 0 Å². The number of hydrogen-bond acceptors (Lipinski definition) is 6. The molecule has 3 aromatic rings. The van der Waals surface area contributed by atoms with Gasteiger partial charge >= 0.3 is 5.97 Å². The van der Waals surface area contributed by atoms with Gasteiger partial charge in [0.1, 0.15) is 29.3 Å². The number of carbonyl (C=O) groups is 1. The number of carboxylic acids is 1. The first-order chi connectivity index (χ1) is 17.0. The van der Waals surface area contributed by atoms with E-state index in [0.717, 1.165) is 16.7 Å². The third-order valence-corrected chi connectivity index (χ3v) is 7.06. The Kier molecular flexibility index (Phi) is 6.23. The molecule has 7 nitrogen and oxygen atoms in total. The number of fused-ring (bicyclic) bond motifs is 2. The fraction of sp³-hybridized carbons (Fsp3) is 0.321. The van der Waals surface area contributed by atoms with Crippen LogP contribution >= 0.6 is 0 Å². The molecule has 3 aromatic carbocycles. The number of aliphatic hydroxyl groups excluding tert-OH is 1. The Morgan fingerprint density at radius 2 is 1.37 bits per heavy atom. The molecular weight excluding hydrogens is 448 g/mol. The van der Waals surface area contributed by atoms with Crippen LogP contribution in [-0.2, 0) is 19.9 Å². The van der Waals surface area contributed by atoms with E-state index in [4.69, 9.17) is 18.9 Å². The van der Waals surface area contributed by atoms with Crippen LogP contribution in [0.1, 0.15) is 23.1 Å². The van der Waals surface area contributed by atoms with Crippen molar-refractivity contribution < 1.29 is 34.0 Å². The van der Waals surface area contributed by atoms with Crippen molar-refractivity contribution in [3.05, 3.63) is 95.6 Å². The zero-order valence-corrected chi connectivity index (χ0v) is 19.5. The topological polar surface area (TPSA) is 94.5 Å². The molecule has 0 aliphatic carbocycles. The summed E-state index contributed by atoms with van der Waals surface area (Å²) in [4.78, 5) is 11.7. The predicted octanol–water partition coefficient (Wildman–Crippen LogP) is 3.61. The van der Waals surface area contributed by atoms with E-state index in [9.17, 15) is 15.0 Å². The van der Waals surface area contributed by atoms with Gasteiger partial charge in [-0.3, -0.25) is 4.79 Å². The highest BCUT2D eigenvalue weighted by Gasteiger charge is 2.59. The Hall–Kier alpha value is -3.39. The van der Waals surface area contributed by atoms with Gasteiger partial charge in [-0.15, -0.1) is 0 Å². The molecule has 2 heterocycles. The normalized spacial score (nSPS) is 25.4. The van der Waals surface area contributed by atoms with E-state index in [2.05, 4.69) is 0 Å². The molecule has 2 N–H and O–H groups in total. The average Bonchev–Trinajstić information content (AvgIpc) is 3.47. The molecule has 0 spiro atoms. The van der Waals surface area contributed by atoms with Crippen LogP contribution in [0.5, 0.6) is 11.5 Å². The average molecular weight is 477 g/mol.